The molecule has 4 rings (SSSR count). The summed E-state index contributed by atoms with van der Waals surface area (Å²) in [6, 6.07) is 20.1. The third-order valence-electron chi connectivity index (χ3n) is 4.08. The Balaban J connectivity index is 2.09. The number of aryl methyl sites for hydroxylation is 2. The molecule has 0 fully saturated rings. The highest BCUT2D eigenvalue weighted by Crippen LogP contribution is 2.35. The molecule has 118 valence electrons. The fourth-order valence-electron chi connectivity index (χ4n) is 3.00. The zero-order valence-corrected chi connectivity index (χ0v) is 14.2. The summed E-state index contributed by atoms with van der Waals surface area (Å²) >= 11 is 6.06. The first-order valence-electron chi connectivity index (χ1n) is 7.82. The van der Waals surface area contributed by atoms with E-state index in [1.54, 1.807) is 0 Å². The van der Waals surface area contributed by atoms with E-state index in [0.717, 1.165) is 44.4 Å². The molecule has 0 bridgehead atoms. The minimum absolute atomic E-state index is 0.719. The molecule has 4 heteroatoms. The minimum Gasteiger partial charge on any atom is -0.233 e. The van der Waals surface area contributed by atoms with Gasteiger partial charge in [0.15, 0.2) is 5.65 Å². The maximum Gasteiger partial charge on any atom is 0.164 e. The summed E-state index contributed by atoms with van der Waals surface area (Å²) in [7, 11) is 0. The topological polar surface area (TPSA) is 30.2 Å². The summed E-state index contributed by atoms with van der Waals surface area (Å²) in [6.07, 6.45) is 0. The van der Waals surface area contributed by atoms with E-state index >= 15 is 0 Å². The number of halogens is 1. The Hall–Kier alpha value is -2.65. The molecule has 0 aliphatic heterocycles. The van der Waals surface area contributed by atoms with Crippen LogP contribution in [0.4, 0.5) is 0 Å². The van der Waals surface area contributed by atoms with Crippen molar-refractivity contribution in [3.8, 4) is 22.4 Å². The molecule has 24 heavy (non-hydrogen) atoms. The van der Waals surface area contributed by atoms with Crippen LogP contribution in [0.25, 0.3) is 28.0 Å². The molecule has 0 aliphatic carbocycles. The molecule has 2 aromatic heterocycles. The predicted molar refractivity (Wildman–Crippen MR) is 98.3 cm³/mol. The molecule has 2 aromatic carbocycles. The first-order valence-corrected chi connectivity index (χ1v) is 8.19. The second kappa shape index (κ2) is 5.77. The fraction of sp³-hybridized carbons (Fsp3) is 0.100. The van der Waals surface area contributed by atoms with Gasteiger partial charge in [-0.25, -0.2) is 9.50 Å². The lowest BCUT2D eigenvalue weighted by atomic mass is 10.0. The van der Waals surface area contributed by atoms with E-state index in [4.69, 9.17) is 21.7 Å². The monoisotopic (exact) mass is 333 g/mol. The van der Waals surface area contributed by atoms with Crippen LogP contribution in [0.3, 0.4) is 0 Å². The smallest absolute Gasteiger partial charge is 0.164 e. The van der Waals surface area contributed by atoms with Gasteiger partial charge >= 0.3 is 0 Å². The van der Waals surface area contributed by atoms with Gasteiger partial charge in [-0.1, -0.05) is 54.1 Å². The molecule has 0 atom stereocenters. The van der Waals surface area contributed by atoms with Crippen molar-refractivity contribution < 1.29 is 0 Å². The maximum atomic E-state index is 6.06. The summed E-state index contributed by atoms with van der Waals surface area (Å²) in [5.74, 6) is 0. The minimum atomic E-state index is 0.719. The number of fused-ring (bicyclic) bond motifs is 1. The summed E-state index contributed by atoms with van der Waals surface area (Å²) in [6.45, 7) is 4.06. The second-order valence-corrected chi connectivity index (χ2v) is 6.31. The molecular weight excluding hydrogens is 318 g/mol. The Morgan fingerprint density at radius 3 is 2.29 bits per heavy atom. The lowest BCUT2D eigenvalue weighted by molar-refractivity contribution is 0.889. The van der Waals surface area contributed by atoms with Gasteiger partial charge in [0.25, 0.3) is 0 Å². The molecule has 0 saturated carbocycles. The zero-order valence-electron chi connectivity index (χ0n) is 13.5. The number of benzene rings is 2. The first-order chi connectivity index (χ1) is 11.6. The number of rotatable bonds is 2. The van der Waals surface area contributed by atoms with Crippen LogP contribution in [0, 0.1) is 13.8 Å². The molecule has 0 amide bonds. The lowest BCUT2D eigenvalue weighted by Crippen LogP contribution is -1.97. The third kappa shape index (κ3) is 2.47. The van der Waals surface area contributed by atoms with Crippen LogP contribution in [-0.2, 0) is 0 Å². The number of nitrogens with zero attached hydrogens (tertiary/aromatic N) is 3. The maximum absolute atomic E-state index is 6.06. The van der Waals surface area contributed by atoms with Gasteiger partial charge in [-0.05, 0) is 37.6 Å². The molecule has 0 N–H and O–H groups in total. The highest BCUT2D eigenvalue weighted by atomic mass is 35.5. The quantitative estimate of drug-likeness (QED) is 0.496. The van der Waals surface area contributed by atoms with Crippen molar-refractivity contribution >= 4 is 17.2 Å². The first kappa shape index (κ1) is 14.9. The van der Waals surface area contributed by atoms with Gasteiger partial charge in [0.1, 0.15) is 5.69 Å². The van der Waals surface area contributed by atoms with Crippen LogP contribution in [0.5, 0.6) is 0 Å². The van der Waals surface area contributed by atoms with Crippen molar-refractivity contribution in [3.63, 3.8) is 0 Å². The van der Waals surface area contributed by atoms with E-state index in [9.17, 15) is 0 Å². The normalized spacial score (nSPS) is 11.1. The van der Waals surface area contributed by atoms with Crippen molar-refractivity contribution in [2.24, 2.45) is 0 Å². The van der Waals surface area contributed by atoms with Gasteiger partial charge in [0.2, 0.25) is 0 Å². The standard InChI is InChI=1S/C20H16ClN3/c1-13-12-14(2)24-20(22-13)18(15-8-10-17(21)11-9-15)19(23-24)16-6-4-3-5-7-16/h3-12H,1-2H3. The Bertz CT molecular complexity index is 1020. The lowest BCUT2D eigenvalue weighted by Gasteiger charge is -2.04. The SMILES string of the molecule is Cc1cc(C)n2nc(-c3ccccc3)c(-c3ccc(Cl)cc3)c2n1. The molecule has 4 aromatic rings. The zero-order chi connectivity index (χ0) is 16.7. The van der Waals surface area contributed by atoms with Crippen LogP contribution >= 0.6 is 11.6 Å². The van der Waals surface area contributed by atoms with E-state index in [1.165, 1.54) is 0 Å². The average molecular weight is 334 g/mol. The van der Waals surface area contributed by atoms with Gasteiger partial charge in [-0.15, -0.1) is 0 Å². The molecular formula is C20H16ClN3. The Kier molecular flexibility index (Phi) is 3.58. The van der Waals surface area contributed by atoms with Crippen molar-refractivity contribution in [2.45, 2.75) is 13.8 Å². The van der Waals surface area contributed by atoms with E-state index in [-0.39, 0.29) is 0 Å². The Labute approximate surface area is 145 Å². The highest BCUT2D eigenvalue weighted by molar-refractivity contribution is 6.30. The highest BCUT2D eigenvalue weighted by Gasteiger charge is 2.18. The van der Waals surface area contributed by atoms with Gasteiger partial charge in [-0.3, -0.25) is 0 Å². The van der Waals surface area contributed by atoms with Crippen LogP contribution in [0.1, 0.15) is 11.4 Å². The predicted octanol–water partition coefficient (Wildman–Crippen LogP) is 5.33. The van der Waals surface area contributed by atoms with Gasteiger partial charge in [0.05, 0.1) is 5.56 Å². The number of hydrogen-bond donors (Lipinski definition) is 0. The van der Waals surface area contributed by atoms with Crippen LogP contribution < -0.4 is 0 Å². The van der Waals surface area contributed by atoms with E-state index in [1.807, 2.05) is 60.0 Å². The van der Waals surface area contributed by atoms with Crippen molar-refractivity contribution in [3.05, 3.63) is 77.1 Å². The van der Waals surface area contributed by atoms with E-state index in [2.05, 4.69) is 19.1 Å². The summed E-state index contributed by atoms with van der Waals surface area (Å²) in [4.78, 5) is 4.75. The largest absolute Gasteiger partial charge is 0.233 e. The molecule has 0 spiro atoms. The number of hydrogen-bond acceptors (Lipinski definition) is 2. The summed E-state index contributed by atoms with van der Waals surface area (Å²) < 4.78 is 1.92. The third-order valence-corrected chi connectivity index (χ3v) is 4.33. The molecule has 0 unspecified atom stereocenters. The van der Waals surface area contributed by atoms with Gasteiger partial charge < -0.3 is 0 Å². The molecule has 3 nitrogen and oxygen atoms in total. The van der Waals surface area contributed by atoms with Crippen molar-refractivity contribution in [2.75, 3.05) is 0 Å². The van der Waals surface area contributed by atoms with Crippen molar-refractivity contribution in [1.82, 2.24) is 14.6 Å². The Morgan fingerprint density at radius 1 is 0.875 bits per heavy atom. The van der Waals surface area contributed by atoms with E-state index < -0.39 is 0 Å². The van der Waals surface area contributed by atoms with E-state index in [0.29, 0.717) is 0 Å². The number of aromatic nitrogens is 3. The van der Waals surface area contributed by atoms with Crippen LogP contribution in [0.2, 0.25) is 5.02 Å². The summed E-state index contributed by atoms with van der Waals surface area (Å²) in [5, 5.41) is 5.56. The molecule has 0 aliphatic rings. The molecule has 2 heterocycles. The van der Waals surface area contributed by atoms with Gasteiger partial charge in [0, 0.05) is 22.0 Å². The Morgan fingerprint density at radius 2 is 1.58 bits per heavy atom. The van der Waals surface area contributed by atoms with Crippen LogP contribution in [-0.4, -0.2) is 14.6 Å². The second-order valence-electron chi connectivity index (χ2n) is 5.87. The summed E-state index contributed by atoms with van der Waals surface area (Å²) in [5.41, 5.74) is 7.01. The average Bonchev–Trinajstić information content (AvgIpc) is 2.96. The van der Waals surface area contributed by atoms with Crippen LogP contribution in [0.15, 0.2) is 60.7 Å². The van der Waals surface area contributed by atoms with Crippen molar-refractivity contribution in [1.29, 1.82) is 0 Å². The molecule has 0 radical (unpaired) electrons. The van der Waals surface area contributed by atoms with Gasteiger partial charge in [-0.2, -0.15) is 5.10 Å². The molecule has 0 saturated heterocycles. The fourth-order valence-corrected chi connectivity index (χ4v) is 3.13.